The molecule has 1 aliphatic carbocycles. The van der Waals surface area contributed by atoms with Gasteiger partial charge in [-0.05, 0) is 26.2 Å². The highest BCUT2D eigenvalue weighted by atomic mass is 16.5. The van der Waals surface area contributed by atoms with Crippen molar-refractivity contribution in [1.82, 2.24) is 4.90 Å². The highest BCUT2D eigenvalue weighted by Crippen LogP contribution is 2.30. The number of nitrogens with zero attached hydrogens (tertiary/aromatic N) is 1. The van der Waals surface area contributed by atoms with Crippen LogP contribution in [0.2, 0.25) is 0 Å². The Morgan fingerprint density at radius 2 is 2.11 bits per heavy atom. The first-order chi connectivity index (χ1) is 8.89. The van der Waals surface area contributed by atoms with Gasteiger partial charge in [0.25, 0.3) is 0 Å². The van der Waals surface area contributed by atoms with Gasteiger partial charge in [0.05, 0.1) is 13.1 Å². The van der Waals surface area contributed by atoms with Crippen molar-refractivity contribution in [1.29, 1.82) is 0 Å². The van der Waals surface area contributed by atoms with Gasteiger partial charge in [0.15, 0.2) is 0 Å². The van der Waals surface area contributed by atoms with Gasteiger partial charge in [-0.15, -0.1) is 0 Å². The molecule has 0 bridgehead atoms. The number of rotatable bonds is 4. The average molecular weight is 270 g/mol. The summed E-state index contributed by atoms with van der Waals surface area (Å²) in [4.78, 5) is 24.5. The fourth-order valence-electron chi connectivity index (χ4n) is 2.95. The molecule has 1 saturated heterocycles. The first kappa shape index (κ1) is 14.3. The first-order valence-corrected chi connectivity index (χ1v) is 6.80. The zero-order valence-corrected chi connectivity index (χ0v) is 11.3. The molecule has 6 nitrogen and oxygen atoms in total. The molecule has 2 atom stereocenters. The number of carboxylic acids is 1. The lowest BCUT2D eigenvalue weighted by Gasteiger charge is -2.48. The Balaban J connectivity index is 1.79. The maximum Gasteiger partial charge on any atom is 0.329 e. The summed E-state index contributed by atoms with van der Waals surface area (Å²) in [6, 6.07) is 0.138. The van der Waals surface area contributed by atoms with E-state index in [1.165, 1.54) is 0 Å². The topological polar surface area (TPSA) is 92.9 Å². The molecule has 2 rings (SSSR count). The van der Waals surface area contributed by atoms with Crippen LogP contribution in [0.3, 0.4) is 0 Å². The van der Waals surface area contributed by atoms with E-state index in [2.05, 4.69) is 0 Å². The van der Waals surface area contributed by atoms with Crippen molar-refractivity contribution in [2.24, 2.45) is 11.7 Å². The molecule has 1 aliphatic heterocycles. The molecule has 0 aromatic heterocycles. The number of hydrogen-bond donors (Lipinski definition) is 2. The van der Waals surface area contributed by atoms with Gasteiger partial charge < -0.3 is 20.5 Å². The second-order valence-electron chi connectivity index (χ2n) is 5.95. The summed E-state index contributed by atoms with van der Waals surface area (Å²) in [5.41, 5.74) is 5.39. The molecule has 0 spiro atoms. The van der Waals surface area contributed by atoms with Crippen molar-refractivity contribution in [3.05, 3.63) is 0 Å². The minimum Gasteiger partial charge on any atom is -0.480 e. The molecule has 0 aromatic rings. The predicted octanol–water partition coefficient (Wildman–Crippen LogP) is 0.206. The second kappa shape index (κ2) is 5.46. The normalized spacial score (nSPS) is 29.7. The minimum atomic E-state index is -0.982. The number of carbonyl (C=O) groups excluding carboxylic acids is 1. The molecule has 19 heavy (non-hydrogen) atoms. The quantitative estimate of drug-likeness (QED) is 0.761. The lowest BCUT2D eigenvalue weighted by Crippen LogP contribution is -2.64. The Bertz CT molecular complexity index is 366. The number of likely N-dealkylation sites (tertiary alicyclic amines) is 1. The Morgan fingerprint density at radius 1 is 1.42 bits per heavy atom. The molecule has 0 aromatic carbocycles. The first-order valence-electron chi connectivity index (χ1n) is 6.80. The molecule has 3 N–H and O–H groups in total. The van der Waals surface area contributed by atoms with Crippen LogP contribution in [0.1, 0.15) is 32.6 Å². The average Bonchev–Trinajstić information content (AvgIpc) is 2.32. The summed E-state index contributed by atoms with van der Waals surface area (Å²) in [7, 11) is 0. The highest BCUT2D eigenvalue weighted by Gasteiger charge is 2.44. The lowest BCUT2D eigenvalue weighted by molar-refractivity contribution is -0.176. The molecule has 6 heteroatoms. The van der Waals surface area contributed by atoms with Crippen LogP contribution in [-0.4, -0.2) is 53.2 Å². The summed E-state index contributed by atoms with van der Waals surface area (Å²) < 4.78 is 5.30. The zero-order chi connectivity index (χ0) is 14.0. The Hall–Kier alpha value is -1.14. The van der Waals surface area contributed by atoms with Gasteiger partial charge in [0, 0.05) is 12.0 Å². The number of amides is 1. The molecular weight excluding hydrogens is 248 g/mol. The zero-order valence-electron chi connectivity index (χ0n) is 11.3. The van der Waals surface area contributed by atoms with E-state index in [0.29, 0.717) is 13.1 Å². The van der Waals surface area contributed by atoms with E-state index in [1.807, 2.05) is 6.92 Å². The van der Waals surface area contributed by atoms with Crippen LogP contribution in [0.5, 0.6) is 0 Å². The molecule has 1 amide bonds. The SMILES string of the molecule is CC1(OCC(=O)O)CN(C(=O)C2CCCC(N)C2)C1. The van der Waals surface area contributed by atoms with Crippen LogP contribution in [0.15, 0.2) is 0 Å². The Kier molecular flexibility index (Phi) is 4.10. The third kappa shape index (κ3) is 3.45. The molecule has 0 radical (unpaired) electrons. The number of hydrogen-bond acceptors (Lipinski definition) is 4. The van der Waals surface area contributed by atoms with Gasteiger partial charge in [0.2, 0.25) is 5.91 Å². The van der Waals surface area contributed by atoms with E-state index < -0.39 is 11.6 Å². The van der Waals surface area contributed by atoms with E-state index in [1.54, 1.807) is 4.90 Å². The summed E-state index contributed by atoms with van der Waals surface area (Å²) >= 11 is 0. The summed E-state index contributed by atoms with van der Waals surface area (Å²) in [6.45, 7) is 2.48. The fraction of sp³-hybridized carbons (Fsp3) is 0.846. The summed E-state index contributed by atoms with van der Waals surface area (Å²) in [5.74, 6) is -0.802. The minimum absolute atomic E-state index is 0.0350. The van der Waals surface area contributed by atoms with Crippen molar-refractivity contribution in [2.45, 2.75) is 44.2 Å². The third-order valence-electron chi connectivity index (χ3n) is 3.97. The molecule has 1 heterocycles. The van der Waals surface area contributed by atoms with E-state index in [0.717, 1.165) is 25.7 Å². The van der Waals surface area contributed by atoms with Gasteiger partial charge >= 0.3 is 5.97 Å². The monoisotopic (exact) mass is 270 g/mol. The molecule has 2 fully saturated rings. The van der Waals surface area contributed by atoms with Crippen LogP contribution in [0.4, 0.5) is 0 Å². The molecular formula is C13H22N2O4. The van der Waals surface area contributed by atoms with Crippen molar-refractivity contribution in [2.75, 3.05) is 19.7 Å². The Morgan fingerprint density at radius 3 is 2.68 bits per heavy atom. The van der Waals surface area contributed by atoms with Crippen LogP contribution in [-0.2, 0) is 14.3 Å². The maximum atomic E-state index is 12.3. The second-order valence-corrected chi connectivity index (χ2v) is 5.95. The van der Waals surface area contributed by atoms with Crippen LogP contribution in [0, 0.1) is 5.92 Å². The predicted molar refractivity (Wildman–Crippen MR) is 68.5 cm³/mol. The fourth-order valence-corrected chi connectivity index (χ4v) is 2.95. The van der Waals surface area contributed by atoms with Gasteiger partial charge in [-0.3, -0.25) is 4.79 Å². The lowest BCUT2D eigenvalue weighted by atomic mass is 9.83. The maximum absolute atomic E-state index is 12.3. The van der Waals surface area contributed by atoms with Crippen molar-refractivity contribution in [3.63, 3.8) is 0 Å². The van der Waals surface area contributed by atoms with Crippen molar-refractivity contribution >= 4 is 11.9 Å². The molecule has 108 valence electrons. The van der Waals surface area contributed by atoms with E-state index >= 15 is 0 Å². The smallest absolute Gasteiger partial charge is 0.329 e. The van der Waals surface area contributed by atoms with E-state index in [9.17, 15) is 9.59 Å². The van der Waals surface area contributed by atoms with Gasteiger partial charge in [0.1, 0.15) is 12.2 Å². The van der Waals surface area contributed by atoms with Crippen molar-refractivity contribution in [3.8, 4) is 0 Å². The highest BCUT2D eigenvalue weighted by molar-refractivity contribution is 5.80. The standard InChI is InChI=1S/C13H22N2O4/c1-13(19-6-11(16)17)7-15(8-13)12(18)9-3-2-4-10(14)5-9/h9-10H,2-8,14H2,1H3,(H,16,17). The number of aliphatic carboxylic acids is 1. The number of nitrogens with two attached hydrogens (primary N) is 1. The van der Waals surface area contributed by atoms with Crippen molar-refractivity contribution < 1.29 is 19.4 Å². The molecule has 2 unspecified atom stereocenters. The van der Waals surface area contributed by atoms with Gasteiger partial charge in [-0.1, -0.05) is 6.42 Å². The molecule has 1 saturated carbocycles. The third-order valence-corrected chi connectivity index (χ3v) is 3.97. The summed E-state index contributed by atoms with van der Waals surface area (Å²) in [6.07, 6.45) is 3.69. The van der Waals surface area contributed by atoms with Crippen LogP contribution >= 0.6 is 0 Å². The summed E-state index contributed by atoms with van der Waals surface area (Å²) in [5, 5.41) is 8.59. The van der Waals surface area contributed by atoms with E-state index in [4.69, 9.17) is 15.6 Å². The van der Waals surface area contributed by atoms with Gasteiger partial charge in [-0.2, -0.15) is 0 Å². The van der Waals surface area contributed by atoms with E-state index in [-0.39, 0.29) is 24.5 Å². The largest absolute Gasteiger partial charge is 0.480 e. The number of carboxylic acid groups (broad SMARTS) is 1. The number of carbonyl (C=O) groups is 2. The molecule has 2 aliphatic rings. The van der Waals surface area contributed by atoms with Crippen LogP contribution < -0.4 is 5.73 Å². The number of ether oxygens (including phenoxy) is 1. The Labute approximate surface area is 112 Å². The van der Waals surface area contributed by atoms with Crippen LogP contribution in [0.25, 0.3) is 0 Å². The van der Waals surface area contributed by atoms with Gasteiger partial charge in [-0.25, -0.2) is 4.79 Å².